The van der Waals surface area contributed by atoms with Gasteiger partial charge in [0.2, 0.25) is 34.8 Å². The summed E-state index contributed by atoms with van der Waals surface area (Å²) in [4.78, 5) is 66.0. The van der Waals surface area contributed by atoms with E-state index < -0.39 is 63.3 Å². The summed E-state index contributed by atoms with van der Waals surface area (Å²) in [6, 6.07) is 14.8. The van der Waals surface area contributed by atoms with E-state index >= 15 is 0 Å². The maximum absolute atomic E-state index is 14.0. The van der Waals surface area contributed by atoms with Gasteiger partial charge in [-0.1, -0.05) is 48.0 Å². The van der Waals surface area contributed by atoms with Crippen LogP contribution in [0.1, 0.15) is 32.4 Å². The van der Waals surface area contributed by atoms with E-state index in [1.54, 1.807) is 24.3 Å². The molecule has 0 aromatic heterocycles. The minimum Gasteiger partial charge on any atom is -0.349 e. The number of imide groups is 1. The number of anilines is 1. The van der Waals surface area contributed by atoms with Gasteiger partial charge in [-0.15, -0.1) is 0 Å². The van der Waals surface area contributed by atoms with E-state index in [9.17, 15) is 33.7 Å². The molecular formula is C26H14ClFN2O7. The van der Waals surface area contributed by atoms with Gasteiger partial charge in [-0.2, -0.15) is 4.39 Å². The molecule has 37 heavy (non-hydrogen) atoms. The number of halogens is 2. The van der Waals surface area contributed by atoms with E-state index in [0.717, 1.165) is 18.2 Å². The molecule has 2 fully saturated rings. The summed E-state index contributed by atoms with van der Waals surface area (Å²) >= 11 is 6.00. The molecule has 3 aromatic carbocycles. The Balaban J connectivity index is 1.54. The fraction of sp³-hybridized carbons (Fsp3) is 0.154. The van der Waals surface area contributed by atoms with Gasteiger partial charge < -0.3 is 4.74 Å². The number of ether oxygens (including phenoxy) is 1. The van der Waals surface area contributed by atoms with Crippen molar-refractivity contribution in [3.8, 4) is 0 Å². The van der Waals surface area contributed by atoms with Crippen molar-refractivity contribution in [2.24, 2.45) is 11.8 Å². The van der Waals surface area contributed by atoms with Crippen molar-refractivity contribution in [1.29, 1.82) is 0 Å². The first-order valence-corrected chi connectivity index (χ1v) is 11.5. The Morgan fingerprint density at radius 2 is 1.54 bits per heavy atom. The maximum Gasteiger partial charge on any atom is 0.306 e. The molecule has 0 N–H and O–H groups in total. The van der Waals surface area contributed by atoms with E-state index in [4.69, 9.17) is 16.3 Å². The van der Waals surface area contributed by atoms with Gasteiger partial charge in [0.25, 0.3) is 0 Å². The maximum atomic E-state index is 14.0. The third-order valence-corrected chi connectivity index (χ3v) is 7.35. The first-order chi connectivity index (χ1) is 17.7. The molecule has 2 aliphatic heterocycles. The van der Waals surface area contributed by atoms with Gasteiger partial charge in [-0.25, -0.2) is 4.90 Å². The number of nitro groups is 1. The molecule has 1 aliphatic carbocycles. The predicted molar refractivity (Wildman–Crippen MR) is 126 cm³/mol. The lowest BCUT2D eigenvalue weighted by Crippen LogP contribution is -2.51. The molecule has 0 radical (unpaired) electrons. The Bertz CT molecular complexity index is 1540. The van der Waals surface area contributed by atoms with Crippen LogP contribution in [0.4, 0.5) is 15.8 Å². The molecule has 3 aliphatic rings. The quantitative estimate of drug-likeness (QED) is 0.220. The molecule has 3 aromatic rings. The first kappa shape index (κ1) is 23.1. The summed E-state index contributed by atoms with van der Waals surface area (Å²) in [7, 11) is 0. The van der Waals surface area contributed by atoms with Gasteiger partial charge >= 0.3 is 5.69 Å². The van der Waals surface area contributed by atoms with Gasteiger partial charge in [0.15, 0.2) is 0 Å². The van der Waals surface area contributed by atoms with Gasteiger partial charge in [-0.05, 0) is 29.8 Å². The smallest absolute Gasteiger partial charge is 0.306 e. The van der Waals surface area contributed by atoms with Crippen molar-refractivity contribution >= 4 is 46.4 Å². The Morgan fingerprint density at radius 1 is 0.919 bits per heavy atom. The SMILES string of the molecule is O=C1[C@H]2[C@H](c3ccc(Cl)cc3)OC3(C(=O)c4ccccc4C3=O)[C@H]2C(=O)N1c1ccc(F)c([N+](=O)[O-])c1. The number of fused-ring (bicyclic) bond motifs is 3. The van der Waals surface area contributed by atoms with Crippen LogP contribution < -0.4 is 4.90 Å². The lowest BCUT2D eigenvalue weighted by molar-refractivity contribution is -0.387. The molecule has 0 unspecified atom stereocenters. The summed E-state index contributed by atoms with van der Waals surface area (Å²) in [5.74, 6) is -7.26. The van der Waals surface area contributed by atoms with Crippen LogP contribution in [0.3, 0.4) is 0 Å². The predicted octanol–water partition coefficient (Wildman–Crippen LogP) is 4.08. The van der Waals surface area contributed by atoms with Gasteiger partial charge in [0.05, 0.1) is 28.6 Å². The summed E-state index contributed by atoms with van der Waals surface area (Å²) in [5.41, 5.74) is -2.94. The molecule has 3 atom stereocenters. The van der Waals surface area contributed by atoms with Gasteiger partial charge in [-0.3, -0.25) is 29.3 Å². The number of carbonyl (C=O) groups excluding carboxylic acids is 4. The van der Waals surface area contributed by atoms with Gasteiger partial charge in [0.1, 0.15) is 0 Å². The van der Waals surface area contributed by atoms with Crippen molar-refractivity contribution in [3.63, 3.8) is 0 Å². The fourth-order valence-electron chi connectivity index (χ4n) is 5.51. The molecule has 184 valence electrons. The van der Waals surface area contributed by atoms with Crippen molar-refractivity contribution in [2.45, 2.75) is 11.7 Å². The minimum atomic E-state index is -2.30. The molecule has 1 spiro atoms. The number of nitrogens with zero attached hydrogens (tertiary/aromatic N) is 2. The third-order valence-electron chi connectivity index (χ3n) is 7.10. The number of carbonyl (C=O) groups is 4. The zero-order chi connectivity index (χ0) is 26.2. The largest absolute Gasteiger partial charge is 0.349 e. The van der Waals surface area contributed by atoms with Crippen molar-refractivity contribution in [1.82, 2.24) is 0 Å². The summed E-state index contributed by atoms with van der Waals surface area (Å²) in [6.45, 7) is 0. The van der Waals surface area contributed by atoms with Crippen LogP contribution >= 0.6 is 11.6 Å². The second-order valence-corrected chi connectivity index (χ2v) is 9.37. The number of ketones is 2. The number of benzene rings is 3. The molecule has 0 bridgehead atoms. The summed E-state index contributed by atoms with van der Waals surface area (Å²) in [5, 5.41) is 11.7. The average Bonchev–Trinajstić information content (AvgIpc) is 3.45. The number of amides is 2. The van der Waals surface area contributed by atoms with E-state index in [0.29, 0.717) is 15.5 Å². The van der Waals surface area contributed by atoms with E-state index in [2.05, 4.69) is 0 Å². The number of Topliss-reactive ketones (excluding diaryl/α,β-unsaturated/α-hetero) is 2. The zero-order valence-corrected chi connectivity index (χ0v) is 19.3. The molecule has 0 saturated carbocycles. The molecule has 2 heterocycles. The standard InChI is InChI=1S/C26H14ClFN2O7/c27-13-7-5-12(6-8-13)21-19-20(26(37-21)22(31)15-3-1-2-4-16(15)23(26)32)25(34)29(24(19)33)14-9-10-17(28)18(11-14)30(35)36/h1-11,19-21H/t19-,20-,21+/m1/s1. The molecular weight excluding hydrogens is 507 g/mol. The van der Waals surface area contributed by atoms with Crippen LogP contribution in [0.25, 0.3) is 0 Å². The summed E-state index contributed by atoms with van der Waals surface area (Å²) < 4.78 is 20.1. The highest BCUT2D eigenvalue weighted by atomic mass is 35.5. The highest BCUT2D eigenvalue weighted by molar-refractivity contribution is 6.37. The topological polar surface area (TPSA) is 124 Å². The summed E-state index contributed by atoms with van der Waals surface area (Å²) in [6.07, 6.45) is -1.18. The first-order valence-electron chi connectivity index (χ1n) is 11.1. The molecule has 2 amide bonds. The zero-order valence-electron chi connectivity index (χ0n) is 18.6. The molecule has 2 saturated heterocycles. The number of nitro benzene ring substituents is 1. The second-order valence-electron chi connectivity index (χ2n) is 8.94. The Morgan fingerprint density at radius 3 is 2.14 bits per heavy atom. The molecule has 9 nitrogen and oxygen atoms in total. The fourth-order valence-corrected chi connectivity index (χ4v) is 5.63. The Labute approximate surface area is 212 Å². The highest BCUT2D eigenvalue weighted by Crippen LogP contribution is 2.57. The Hall–Kier alpha value is -4.28. The molecule has 11 heteroatoms. The van der Waals surface area contributed by atoms with Gasteiger partial charge in [0, 0.05) is 22.2 Å². The van der Waals surface area contributed by atoms with E-state index in [-0.39, 0.29) is 16.8 Å². The van der Waals surface area contributed by atoms with Crippen LogP contribution in [0, 0.1) is 27.8 Å². The van der Waals surface area contributed by atoms with E-state index in [1.165, 1.54) is 24.3 Å². The number of hydrogen-bond acceptors (Lipinski definition) is 7. The van der Waals surface area contributed by atoms with E-state index in [1.807, 2.05) is 0 Å². The lowest BCUT2D eigenvalue weighted by atomic mass is 9.77. The lowest BCUT2D eigenvalue weighted by Gasteiger charge is -2.27. The van der Waals surface area contributed by atoms with Crippen LogP contribution in [0.2, 0.25) is 5.02 Å². The highest BCUT2D eigenvalue weighted by Gasteiger charge is 2.74. The monoisotopic (exact) mass is 520 g/mol. The van der Waals surface area contributed by atoms with Crippen molar-refractivity contribution < 1.29 is 33.2 Å². The van der Waals surface area contributed by atoms with Crippen molar-refractivity contribution in [3.05, 3.63) is 104 Å². The third kappa shape index (κ3) is 3.00. The minimum absolute atomic E-state index is 0.0686. The number of hydrogen-bond donors (Lipinski definition) is 0. The van der Waals surface area contributed by atoms with Crippen LogP contribution in [0.5, 0.6) is 0 Å². The average molecular weight is 521 g/mol. The molecule has 6 rings (SSSR count). The Kier molecular flexibility index (Phi) is 4.91. The second kappa shape index (κ2) is 7.86. The number of rotatable bonds is 3. The van der Waals surface area contributed by atoms with Crippen LogP contribution in [0.15, 0.2) is 66.7 Å². The van der Waals surface area contributed by atoms with Crippen LogP contribution in [-0.2, 0) is 14.3 Å². The van der Waals surface area contributed by atoms with Crippen LogP contribution in [-0.4, -0.2) is 33.9 Å². The van der Waals surface area contributed by atoms with Crippen molar-refractivity contribution in [2.75, 3.05) is 4.90 Å². The normalized spacial score (nSPS) is 23.6.